The van der Waals surface area contributed by atoms with Crippen LogP contribution >= 0.6 is 0 Å². The summed E-state index contributed by atoms with van der Waals surface area (Å²) in [5, 5.41) is 4.31. The number of aryl methyl sites for hydroxylation is 1. The third-order valence-electron chi connectivity index (χ3n) is 6.06. The van der Waals surface area contributed by atoms with Crippen LogP contribution in [0.4, 0.5) is 0 Å². The Balaban J connectivity index is 1.18. The summed E-state index contributed by atoms with van der Waals surface area (Å²) in [6.07, 6.45) is 16.6. The van der Waals surface area contributed by atoms with Crippen molar-refractivity contribution in [3.8, 4) is 0 Å². The fourth-order valence-corrected chi connectivity index (χ4v) is 4.50. The largest absolute Gasteiger partial charge is 0.345 e. The highest BCUT2D eigenvalue weighted by atomic mass is 15.3. The molecule has 136 valence electrons. The van der Waals surface area contributed by atoms with Gasteiger partial charge in [-0.15, -0.1) is 0 Å². The maximum atomic E-state index is 4.63. The summed E-state index contributed by atoms with van der Waals surface area (Å²) in [4.78, 5) is 10.8. The number of nitrogens with zero attached hydrogens (tertiary/aromatic N) is 4. The van der Waals surface area contributed by atoms with Crippen LogP contribution in [0, 0.1) is 11.8 Å². The van der Waals surface area contributed by atoms with Crippen molar-refractivity contribution in [3.63, 3.8) is 0 Å². The van der Waals surface area contributed by atoms with E-state index in [0.29, 0.717) is 0 Å². The molecule has 0 unspecified atom stereocenters. The van der Waals surface area contributed by atoms with Crippen LogP contribution in [-0.4, -0.2) is 37.7 Å². The van der Waals surface area contributed by atoms with Gasteiger partial charge < -0.3 is 4.98 Å². The fraction of sp³-hybridized carbons (Fsp3) is 0.700. The molecular weight excluding hydrogens is 310 g/mol. The zero-order chi connectivity index (χ0) is 16.9. The number of hydrogen-bond acceptors (Lipinski definition) is 3. The molecular formula is C20H31N5. The molecule has 2 aliphatic rings. The van der Waals surface area contributed by atoms with Gasteiger partial charge in [0.25, 0.3) is 0 Å². The van der Waals surface area contributed by atoms with Crippen LogP contribution < -0.4 is 0 Å². The van der Waals surface area contributed by atoms with Crippen LogP contribution in [0.5, 0.6) is 0 Å². The summed E-state index contributed by atoms with van der Waals surface area (Å²) in [6, 6.07) is 2.01. The molecule has 1 aliphatic carbocycles. The van der Waals surface area contributed by atoms with Gasteiger partial charge in [0.1, 0.15) is 5.82 Å². The van der Waals surface area contributed by atoms with Gasteiger partial charge in [-0.1, -0.05) is 25.7 Å². The first-order chi connectivity index (χ1) is 12.3. The highest BCUT2D eigenvalue weighted by Gasteiger charge is 2.20. The summed E-state index contributed by atoms with van der Waals surface area (Å²) in [7, 11) is 0. The van der Waals surface area contributed by atoms with E-state index in [1.807, 2.05) is 12.3 Å². The van der Waals surface area contributed by atoms with Crippen LogP contribution in [0.15, 0.2) is 24.7 Å². The molecule has 1 aliphatic heterocycles. The van der Waals surface area contributed by atoms with E-state index in [1.54, 1.807) is 0 Å². The van der Waals surface area contributed by atoms with E-state index in [4.69, 9.17) is 0 Å². The highest BCUT2D eigenvalue weighted by Crippen LogP contribution is 2.27. The van der Waals surface area contributed by atoms with Gasteiger partial charge in [-0.3, -0.25) is 9.58 Å². The number of H-pyrrole nitrogens is 1. The van der Waals surface area contributed by atoms with Crippen LogP contribution in [-0.2, 0) is 19.5 Å². The normalized spacial score (nSPS) is 20.5. The Labute approximate surface area is 150 Å². The lowest BCUT2D eigenvalue weighted by atomic mass is 9.93. The molecule has 2 aromatic rings. The van der Waals surface area contributed by atoms with Crippen molar-refractivity contribution in [1.82, 2.24) is 24.6 Å². The minimum Gasteiger partial charge on any atom is -0.345 e. The monoisotopic (exact) mass is 341 g/mol. The Morgan fingerprint density at radius 3 is 2.68 bits per heavy atom. The van der Waals surface area contributed by atoms with E-state index < -0.39 is 0 Å². The van der Waals surface area contributed by atoms with Gasteiger partial charge in [0.15, 0.2) is 0 Å². The number of likely N-dealkylation sites (tertiary alicyclic amines) is 1. The second-order valence-corrected chi connectivity index (χ2v) is 7.99. The summed E-state index contributed by atoms with van der Waals surface area (Å²) in [5.74, 6) is 2.92. The van der Waals surface area contributed by atoms with Gasteiger partial charge in [0.05, 0.1) is 0 Å². The number of imidazole rings is 1. The second-order valence-electron chi connectivity index (χ2n) is 7.99. The van der Waals surface area contributed by atoms with Crippen molar-refractivity contribution in [2.75, 3.05) is 13.1 Å². The molecule has 0 bridgehead atoms. The van der Waals surface area contributed by atoms with Gasteiger partial charge in [-0.25, -0.2) is 4.98 Å². The summed E-state index contributed by atoms with van der Waals surface area (Å²) in [5.41, 5.74) is 1.29. The van der Waals surface area contributed by atoms with E-state index in [0.717, 1.165) is 31.3 Å². The molecule has 0 radical (unpaired) electrons. The van der Waals surface area contributed by atoms with Gasteiger partial charge in [-0.05, 0) is 50.3 Å². The molecule has 5 nitrogen and oxygen atoms in total. The number of rotatable bonds is 7. The first-order valence-corrected chi connectivity index (χ1v) is 10.1. The molecule has 0 atom stereocenters. The van der Waals surface area contributed by atoms with Gasteiger partial charge >= 0.3 is 0 Å². The van der Waals surface area contributed by atoms with Crippen LogP contribution in [0.3, 0.4) is 0 Å². The summed E-state index contributed by atoms with van der Waals surface area (Å²) in [6.45, 7) is 4.51. The predicted molar refractivity (Wildman–Crippen MR) is 99.1 cm³/mol. The molecule has 25 heavy (non-hydrogen) atoms. The lowest BCUT2D eigenvalue weighted by Gasteiger charge is -2.31. The first kappa shape index (κ1) is 16.8. The smallest absolute Gasteiger partial charge is 0.106 e. The third kappa shape index (κ3) is 4.72. The van der Waals surface area contributed by atoms with E-state index in [-0.39, 0.29) is 0 Å². The number of aromatic nitrogens is 4. The molecule has 3 heterocycles. The first-order valence-electron chi connectivity index (χ1n) is 10.1. The minimum absolute atomic E-state index is 0.847. The topological polar surface area (TPSA) is 49.7 Å². The molecule has 0 spiro atoms. The van der Waals surface area contributed by atoms with Gasteiger partial charge in [-0.2, -0.15) is 5.10 Å². The molecule has 1 saturated heterocycles. The molecule has 0 amide bonds. The fourth-order valence-electron chi connectivity index (χ4n) is 4.50. The van der Waals surface area contributed by atoms with Crippen LogP contribution in [0.2, 0.25) is 0 Å². The Bertz CT molecular complexity index is 618. The van der Waals surface area contributed by atoms with E-state index in [1.165, 1.54) is 69.6 Å². The van der Waals surface area contributed by atoms with Crippen molar-refractivity contribution in [2.45, 2.75) is 64.5 Å². The maximum Gasteiger partial charge on any atom is 0.106 e. The van der Waals surface area contributed by atoms with E-state index >= 15 is 0 Å². The molecule has 5 heteroatoms. The van der Waals surface area contributed by atoms with Crippen LogP contribution in [0.25, 0.3) is 0 Å². The molecule has 1 N–H and O–H groups in total. The van der Waals surface area contributed by atoms with Crippen molar-refractivity contribution < 1.29 is 0 Å². The SMILES string of the molecule is c1cnn(CCC2CCN(Cc3cnc(CC4CCCC4)[nH]3)CC2)c1. The van der Waals surface area contributed by atoms with E-state index in [9.17, 15) is 0 Å². The van der Waals surface area contributed by atoms with Crippen molar-refractivity contribution >= 4 is 0 Å². The second kappa shape index (κ2) is 8.17. The van der Waals surface area contributed by atoms with Gasteiger partial charge in [0, 0.05) is 43.8 Å². The average Bonchev–Trinajstić information content (AvgIpc) is 3.38. The molecule has 0 aromatic carbocycles. The van der Waals surface area contributed by atoms with Crippen molar-refractivity contribution in [1.29, 1.82) is 0 Å². The number of aromatic amines is 1. The third-order valence-corrected chi connectivity index (χ3v) is 6.06. The Kier molecular flexibility index (Phi) is 5.50. The highest BCUT2D eigenvalue weighted by molar-refractivity contribution is 5.02. The van der Waals surface area contributed by atoms with Crippen LogP contribution in [0.1, 0.15) is 56.5 Å². The zero-order valence-corrected chi connectivity index (χ0v) is 15.2. The quantitative estimate of drug-likeness (QED) is 0.836. The Morgan fingerprint density at radius 2 is 1.92 bits per heavy atom. The zero-order valence-electron chi connectivity index (χ0n) is 15.2. The number of piperidine rings is 1. The van der Waals surface area contributed by atoms with E-state index in [2.05, 4.69) is 37.0 Å². The predicted octanol–water partition coefficient (Wildman–Crippen LogP) is 3.64. The molecule has 1 saturated carbocycles. The maximum absolute atomic E-state index is 4.63. The standard InChI is InChI=1S/C20H31N5/c1-2-5-18(4-1)14-20-21-15-19(23-20)16-24-11-6-17(7-12-24)8-13-25-10-3-9-22-25/h3,9-10,15,17-18H,1-2,4-8,11-14,16H2,(H,21,23). The number of nitrogens with one attached hydrogen (secondary N) is 1. The Morgan fingerprint density at radius 1 is 1.08 bits per heavy atom. The van der Waals surface area contributed by atoms with Gasteiger partial charge in [0.2, 0.25) is 0 Å². The molecule has 2 aromatic heterocycles. The molecule has 2 fully saturated rings. The lowest BCUT2D eigenvalue weighted by molar-refractivity contribution is 0.167. The van der Waals surface area contributed by atoms with Crippen molar-refractivity contribution in [3.05, 3.63) is 36.2 Å². The van der Waals surface area contributed by atoms with Crippen molar-refractivity contribution in [2.24, 2.45) is 11.8 Å². The average molecular weight is 342 g/mol. The summed E-state index contributed by atoms with van der Waals surface area (Å²) < 4.78 is 2.06. The summed E-state index contributed by atoms with van der Waals surface area (Å²) >= 11 is 0. The molecule has 4 rings (SSSR count). The number of hydrogen-bond donors (Lipinski definition) is 1. The Hall–Kier alpha value is -1.62. The minimum atomic E-state index is 0.847. The lowest BCUT2D eigenvalue weighted by Crippen LogP contribution is -2.33.